The third kappa shape index (κ3) is 4.15. The summed E-state index contributed by atoms with van der Waals surface area (Å²) in [6, 6.07) is -1.57. The highest BCUT2D eigenvalue weighted by atomic mass is 16.5. The summed E-state index contributed by atoms with van der Waals surface area (Å²) in [7, 11) is 1.21. The Kier molecular flexibility index (Phi) is 3.97. The van der Waals surface area contributed by atoms with Crippen LogP contribution >= 0.6 is 0 Å². The van der Waals surface area contributed by atoms with Crippen molar-refractivity contribution >= 4 is 12.0 Å². The number of nitrogens with one attached hydrogen (secondary N) is 1. The highest BCUT2D eigenvalue weighted by molar-refractivity contribution is 5.77. The summed E-state index contributed by atoms with van der Waals surface area (Å²) < 4.78 is 4.29. The van der Waals surface area contributed by atoms with Crippen molar-refractivity contribution in [3.05, 3.63) is 0 Å². The summed E-state index contributed by atoms with van der Waals surface area (Å²) in [5, 5.41) is 2.17. The summed E-state index contributed by atoms with van der Waals surface area (Å²) in [6.45, 7) is -0.0119. The predicted octanol–water partition coefficient (Wildman–Crippen LogP) is -1.84. The van der Waals surface area contributed by atoms with Crippen LogP contribution in [0.3, 0.4) is 0 Å². The summed E-state index contributed by atoms with van der Waals surface area (Å²) in [6.07, 6.45) is 0. The van der Waals surface area contributed by atoms with Crippen LogP contribution in [0.4, 0.5) is 4.79 Å². The van der Waals surface area contributed by atoms with Crippen LogP contribution in [0.5, 0.6) is 0 Å². The van der Waals surface area contributed by atoms with Gasteiger partial charge in [-0.25, -0.2) is 4.79 Å². The number of hydrogen-bond donors (Lipinski definition) is 3. The van der Waals surface area contributed by atoms with Gasteiger partial charge in [-0.2, -0.15) is 0 Å². The molecule has 6 heteroatoms. The molecule has 0 saturated heterocycles. The minimum atomic E-state index is -0.854. The first-order chi connectivity index (χ1) is 5.07. The van der Waals surface area contributed by atoms with E-state index in [9.17, 15) is 9.59 Å². The quantitative estimate of drug-likeness (QED) is 0.422. The zero-order chi connectivity index (χ0) is 8.85. The molecule has 6 nitrogen and oxygen atoms in total. The molecule has 11 heavy (non-hydrogen) atoms. The minimum Gasteiger partial charge on any atom is -0.468 e. The summed E-state index contributed by atoms with van der Waals surface area (Å²) >= 11 is 0. The van der Waals surface area contributed by atoms with E-state index in [1.54, 1.807) is 0 Å². The summed E-state index contributed by atoms with van der Waals surface area (Å²) in [5.41, 5.74) is 9.96. The fourth-order valence-electron chi connectivity index (χ4n) is 0.445. The Morgan fingerprint density at radius 3 is 2.55 bits per heavy atom. The fourth-order valence-corrected chi connectivity index (χ4v) is 0.445. The van der Waals surface area contributed by atoms with Crippen LogP contribution in [0.25, 0.3) is 0 Å². The second-order valence-corrected chi connectivity index (χ2v) is 1.87. The van der Waals surface area contributed by atoms with Crippen LogP contribution in [0.2, 0.25) is 0 Å². The van der Waals surface area contributed by atoms with Gasteiger partial charge >= 0.3 is 12.0 Å². The average molecular weight is 161 g/mol. The second kappa shape index (κ2) is 4.51. The number of primary amides is 1. The molecule has 64 valence electrons. The molecule has 0 aliphatic rings. The Bertz CT molecular complexity index is 159. The Balaban J connectivity index is 3.60. The summed E-state index contributed by atoms with van der Waals surface area (Å²) in [4.78, 5) is 20.7. The van der Waals surface area contributed by atoms with Crippen molar-refractivity contribution in [3.63, 3.8) is 0 Å². The number of nitrogens with two attached hydrogens (primary N) is 2. The topological polar surface area (TPSA) is 107 Å². The van der Waals surface area contributed by atoms with E-state index in [2.05, 4.69) is 10.1 Å². The Morgan fingerprint density at radius 1 is 1.64 bits per heavy atom. The molecule has 0 spiro atoms. The summed E-state index contributed by atoms with van der Waals surface area (Å²) in [5.74, 6) is -0.584. The molecule has 2 amide bonds. The Morgan fingerprint density at radius 2 is 2.18 bits per heavy atom. The van der Waals surface area contributed by atoms with E-state index in [0.29, 0.717) is 0 Å². The molecule has 5 N–H and O–H groups in total. The third-order valence-corrected chi connectivity index (χ3v) is 1.00. The van der Waals surface area contributed by atoms with E-state index in [-0.39, 0.29) is 6.54 Å². The maximum Gasteiger partial charge on any atom is 0.324 e. The molecule has 0 aliphatic heterocycles. The number of urea groups is 1. The zero-order valence-corrected chi connectivity index (χ0v) is 6.16. The fraction of sp³-hybridized carbons (Fsp3) is 0.600. The van der Waals surface area contributed by atoms with Crippen LogP contribution in [0.15, 0.2) is 0 Å². The molecule has 0 radical (unpaired) electrons. The lowest BCUT2D eigenvalue weighted by atomic mass is 10.3. The Labute approximate surface area is 63.9 Å². The number of carbonyl (C=O) groups excluding carboxylic acids is 2. The molecule has 1 atom stereocenters. The molecule has 0 aromatic heterocycles. The number of ether oxygens (including phenoxy) is 1. The average Bonchev–Trinajstić information content (AvgIpc) is 1.98. The van der Waals surface area contributed by atoms with Crippen molar-refractivity contribution in [3.8, 4) is 0 Å². The van der Waals surface area contributed by atoms with E-state index in [1.807, 2.05) is 0 Å². The smallest absolute Gasteiger partial charge is 0.324 e. The monoisotopic (exact) mass is 161 g/mol. The van der Waals surface area contributed by atoms with Gasteiger partial charge in [-0.05, 0) is 0 Å². The number of methoxy groups -OCH3 is 1. The molecular weight excluding hydrogens is 150 g/mol. The van der Waals surface area contributed by atoms with Crippen LogP contribution < -0.4 is 16.8 Å². The highest BCUT2D eigenvalue weighted by Gasteiger charge is 2.12. The van der Waals surface area contributed by atoms with Crippen LogP contribution in [0, 0.1) is 0 Å². The normalized spacial score (nSPS) is 11.8. The van der Waals surface area contributed by atoms with E-state index >= 15 is 0 Å². The van der Waals surface area contributed by atoms with Gasteiger partial charge in [0.05, 0.1) is 7.11 Å². The predicted molar refractivity (Wildman–Crippen MR) is 37.6 cm³/mol. The van der Waals surface area contributed by atoms with Gasteiger partial charge in [0.1, 0.15) is 6.04 Å². The molecule has 0 aliphatic carbocycles. The molecule has 0 aromatic rings. The van der Waals surface area contributed by atoms with Crippen molar-refractivity contribution in [2.75, 3.05) is 13.7 Å². The van der Waals surface area contributed by atoms with Gasteiger partial charge in [-0.3, -0.25) is 4.79 Å². The molecule has 0 heterocycles. The van der Waals surface area contributed by atoms with Crippen molar-refractivity contribution in [2.24, 2.45) is 11.5 Å². The minimum absolute atomic E-state index is 0.0119. The van der Waals surface area contributed by atoms with Crippen molar-refractivity contribution in [1.82, 2.24) is 5.32 Å². The molecule has 0 fully saturated rings. The number of hydrogen-bond acceptors (Lipinski definition) is 4. The maximum atomic E-state index is 10.6. The molecule has 0 saturated carbocycles. The highest BCUT2D eigenvalue weighted by Crippen LogP contribution is 1.79. The third-order valence-electron chi connectivity index (χ3n) is 1.00. The lowest BCUT2D eigenvalue weighted by Gasteiger charge is -2.08. The van der Waals surface area contributed by atoms with Gasteiger partial charge in [-0.15, -0.1) is 0 Å². The van der Waals surface area contributed by atoms with E-state index in [1.165, 1.54) is 7.11 Å². The lowest BCUT2D eigenvalue weighted by Crippen LogP contribution is -2.44. The lowest BCUT2D eigenvalue weighted by molar-refractivity contribution is -0.141. The molecule has 0 aromatic carbocycles. The zero-order valence-electron chi connectivity index (χ0n) is 6.16. The van der Waals surface area contributed by atoms with Gasteiger partial charge in [0, 0.05) is 6.54 Å². The first kappa shape index (κ1) is 9.70. The van der Waals surface area contributed by atoms with Crippen molar-refractivity contribution < 1.29 is 14.3 Å². The largest absolute Gasteiger partial charge is 0.468 e. The molecular formula is C5H11N3O3. The number of esters is 1. The number of carbonyl (C=O) groups is 2. The van der Waals surface area contributed by atoms with Gasteiger partial charge in [0.2, 0.25) is 0 Å². The van der Waals surface area contributed by atoms with E-state index < -0.39 is 18.0 Å². The van der Waals surface area contributed by atoms with Gasteiger partial charge in [0.15, 0.2) is 0 Å². The molecule has 0 bridgehead atoms. The molecule has 0 unspecified atom stereocenters. The van der Waals surface area contributed by atoms with E-state index in [4.69, 9.17) is 11.5 Å². The van der Waals surface area contributed by atoms with Crippen LogP contribution in [-0.4, -0.2) is 31.7 Å². The number of rotatable bonds is 3. The first-order valence-electron chi connectivity index (χ1n) is 2.94. The first-order valence-corrected chi connectivity index (χ1v) is 2.94. The number of amides is 2. The Hall–Kier alpha value is -1.30. The van der Waals surface area contributed by atoms with Gasteiger partial charge < -0.3 is 21.5 Å². The van der Waals surface area contributed by atoms with Crippen molar-refractivity contribution in [2.45, 2.75) is 6.04 Å². The van der Waals surface area contributed by atoms with E-state index in [0.717, 1.165) is 0 Å². The SMILES string of the molecule is COC(=O)[C@@H](N)CNC(N)=O. The standard InChI is InChI=1S/C5H11N3O3/c1-11-4(9)3(6)2-8-5(7)10/h3H,2,6H2,1H3,(H3,7,8,10)/t3-/m0/s1. The second-order valence-electron chi connectivity index (χ2n) is 1.87. The van der Waals surface area contributed by atoms with Gasteiger partial charge in [-0.1, -0.05) is 0 Å². The van der Waals surface area contributed by atoms with Gasteiger partial charge in [0.25, 0.3) is 0 Å². The van der Waals surface area contributed by atoms with Crippen molar-refractivity contribution in [1.29, 1.82) is 0 Å². The van der Waals surface area contributed by atoms with Crippen LogP contribution in [-0.2, 0) is 9.53 Å². The van der Waals surface area contributed by atoms with Crippen LogP contribution in [0.1, 0.15) is 0 Å². The molecule has 0 rings (SSSR count). The maximum absolute atomic E-state index is 10.6.